The van der Waals surface area contributed by atoms with E-state index in [4.69, 9.17) is 9.47 Å². The van der Waals surface area contributed by atoms with E-state index in [2.05, 4.69) is 91.4 Å². The molecule has 0 aromatic heterocycles. The van der Waals surface area contributed by atoms with E-state index in [1.54, 1.807) is 36.0 Å². The molecule has 1 N–H and O–H groups in total. The van der Waals surface area contributed by atoms with E-state index >= 15 is 0 Å². The van der Waals surface area contributed by atoms with E-state index in [0.29, 0.717) is 23.6 Å². The van der Waals surface area contributed by atoms with Gasteiger partial charge in [0, 0.05) is 56.0 Å². The van der Waals surface area contributed by atoms with Crippen molar-refractivity contribution >= 4 is 29.7 Å². The minimum atomic E-state index is -0.441. The molecule has 1 aliphatic heterocycles. The van der Waals surface area contributed by atoms with Crippen LogP contribution in [0.25, 0.3) is 6.08 Å². The minimum absolute atomic E-state index is 0.138. The molecule has 3 aromatic rings. The van der Waals surface area contributed by atoms with Crippen LogP contribution < -0.4 is 14.8 Å². The molecule has 1 fully saturated rings. The number of hydrogen-bond acceptors (Lipinski definition) is 7. The monoisotopic (exact) mass is 763 g/mol. The molecular formula is C47H61N3O4S. The Morgan fingerprint density at radius 3 is 2.22 bits per heavy atom. The van der Waals surface area contributed by atoms with Crippen molar-refractivity contribution in [1.29, 1.82) is 0 Å². The van der Waals surface area contributed by atoms with Gasteiger partial charge in [-0.15, -0.1) is 11.8 Å². The van der Waals surface area contributed by atoms with Crippen molar-refractivity contribution in [3.05, 3.63) is 131 Å². The lowest BCUT2D eigenvalue weighted by molar-refractivity contribution is -0.116. The predicted octanol–water partition coefficient (Wildman–Crippen LogP) is 10.2. The van der Waals surface area contributed by atoms with Crippen molar-refractivity contribution in [1.82, 2.24) is 15.1 Å². The summed E-state index contributed by atoms with van der Waals surface area (Å²) in [4.78, 5) is 31.8. The number of unbranched alkanes of at least 4 members (excludes halogenated alkanes) is 1. The Kier molecular flexibility index (Phi) is 19.1. The third kappa shape index (κ3) is 16.5. The average molecular weight is 764 g/mol. The lowest BCUT2D eigenvalue weighted by Gasteiger charge is -2.34. The molecular weight excluding hydrogens is 703 g/mol. The van der Waals surface area contributed by atoms with Crippen molar-refractivity contribution in [3.8, 4) is 11.5 Å². The van der Waals surface area contributed by atoms with Gasteiger partial charge in [-0.2, -0.15) is 0 Å². The zero-order valence-electron chi connectivity index (χ0n) is 33.7. The van der Waals surface area contributed by atoms with Crippen molar-refractivity contribution in [3.63, 3.8) is 0 Å². The maximum atomic E-state index is 13.3. The Hall–Kier alpha value is -4.37. The number of benzene rings is 3. The van der Waals surface area contributed by atoms with Crippen molar-refractivity contribution < 1.29 is 19.1 Å². The van der Waals surface area contributed by atoms with E-state index in [1.807, 2.05) is 24.3 Å². The highest BCUT2D eigenvalue weighted by atomic mass is 32.2. The lowest BCUT2D eigenvalue weighted by atomic mass is 10.1. The van der Waals surface area contributed by atoms with Crippen LogP contribution in [0.4, 0.5) is 0 Å². The van der Waals surface area contributed by atoms with E-state index in [1.165, 1.54) is 35.5 Å². The molecule has 55 heavy (non-hydrogen) atoms. The van der Waals surface area contributed by atoms with E-state index < -0.39 is 5.97 Å². The van der Waals surface area contributed by atoms with E-state index in [-0.39, 0.29) is 5.91 Å². The molecule has 8 heteroatoms. The fourth-order valence-corrected chi connectivity index (χ4v) is 7.35. The number of methoxy groups -OCH3 is 1. The van der Waals surface area contributed by atoms with Gasteiger partial charge in [-0.05, 0) is 114 Å². The van der Waals surface area contributed by atoms with Crippen LogP contribution in [0.5, 0.6) is 11.5 Å². The van der Waals surface area contributed by atoms with Crippen molar-refractivity contribution in [2.45, 2.75) is 77.7 Å². The number of amides is 1. The summed E-state index contributed by atoms with van der Waals surface area (Å²) >= 11 is 1.62. The summed E-state index contributed by atoms with van der Waals surface area (Å²) < 4.78 is 11.4. The van der Waals surface area contributed by atoms with Crippen LogP contribution in [-0.4, -0.2) is 73.8 Å². The number of rotatable bonds is 21. The molecule has 1 aliphatic rings. The molecule has 0 saturated carbocycles. The number of ether oxygens (including phenoxy) is 2. The number of thioether (sulfide) groups is 1. The summed E-state index contributed by atoms with van der Waals surface area (Å²) in [5, 5.41) is 2.99. The molecule has 7 nitrogen and oxygen atoms in total. The molecule has 1 heterocycles. The Morgan fingerprint density at radius 1 is 0.782 bits per heavy atom. The summed E-state index contributed by atoms with van der Waals surface area (Å²) in [6.45, 7) is 15.7. The number of allylic oxidation sites excluding steroid dienone is 5. The standard InChI is InChI=1S/C47H61N3O4S/c1-37(2)15-13-16-38(3)17-14-18-39(4)27-34-55-45-22-10-9-21-42(45)47(52)54-43-25-23-40(35-44(43)53-5)24-26-46(51)48-28-11-12-29-49-30-32-50(33-31-49)36-41-19-7-6-8-20-41/h6-10,15,17,19-27,35H,11-14,16,18,28-34,36H2,1-5H3,(H,48,51)/b26-24+,38-17+,39-27+. The summed E-state index contributed by atoms with van der Waals surface area (Å²) in [5.41, 5.74) is 6.80. The normalized spacial score (nSPS) is 14.2. The number of esters is 1. The number of nitrogens with one attached hydrogen (secondary N) is 1. The van der Waals surface area contributed by atoms with E-state index in [0.717, 1.165) is 94.0 Å². The first-order valence-corrected chi connectivity index (χ1v) is 20.7. The summed E-state index contributed by atoms with van der Waals surface area (Å²) in [6.07, 6.45) is 16.4. The SMILES string of the molecule is COc1cc(/C=C/C(=O)NCCCCN2CCN(Cc3ccccc3)CC2)ccc1OC(=O)c1ccccc1SC/C=C(\C)CC/C=C(\C)CCC=C(C)C. The van der Waals surface area contributed by atoms with Gasteiger partial charge in [-0.1, -0.05) is 83.5 Å². The van der Waals surface area contributed by atoms with Gasteiger partial charge in [0.15, 0.2) is 11.5 Å². The van der Waals surface area contributed by atoms with Gasteiger partial charge in [-0.3, -0.25) is 9.69 Å². The van der Waals surface area contributed by atoms with Crippen LogP contribution in [0.3, 0.4) is 0 Å². The zero-order valence-corrected chi connectivity index (χ0v) is 34.5. The third-order valence-electron chi connectivity index (χ3n) is 9.63. The van der Waals surface area contributed by atoms with Crippen LogP contribution in [0.2, 0.25) is 0 Å². The van der Waals surface area contributed by atoms with Gasteiger partial charge < -0.3 is 19.7 Å². The number of piperazine rings is 1. The number of carbonyl (C=O) groups is 2. The maximum absolute atomic E-state index is 13.3. The molecule has 0 radical (unpaired) electrons. The maximum Gasteiger partial charge on any atom is 0.344 e. The van der Waals surface area contributed by atoms with Gasteiger partial charge in [0.1, 0.15) is 0 Å². The Balaban J connectivity index is 1.17. The highest BCUT2D eigenvalue weighted by Crippen LogP contribution is 2.31. The molecule has 0 spiro atoms. The minimum Gasteiger partial charge on any atom is -0.493 e. The lowest BCUT2D eigenvalue weighted by Crippen LogP contribution is -2.46. The molecule has 0 unspecified atom stereocenters. The first-order chi connectivity index (χ1) is 26.7. The second-order valence-corrected chi connectivity index (χ2v) is 15.6. The second kappa shape index (κ2) is 24.2. The topological polar surface area (TPSA) is 71.1 Å². The van der Waals surface area contributed by atoms with Gasteiger partial charge >= 0.3 is 5.97 Å². The Labute approximate surface area is 334 Å². The highest BCUT2D eigenvalue weighted by molar-refractivity contribution is 7.99. The van der Waals surface area contributed by atoms with Crippen LogP contribution in [-0.2, 0) is 11.3 Å². The molecule has 0 aliphatic carbocycles. The molecule has 0 bridgehead atoms. The summed E-state index contributed by atoms with van der Waals surface area (Å²) in [6, 6.07) is 23.5. The number of hydrogen-bond donors (Lipinski definition) is 1. The first-order valence-electron chi connectivity index (χ1n) is 19.7. The quantitative estimate of drug-likeness (QED) is 0.0289. The predicted molar refractivity (Wildman–Crippen MR) is 230 cm³/mol. The number of carbonyl (C=O) groups excluding carboxylic acids is 2. The average Bonchev–Trinajstić information content (AvgIpc) is 3.18. The Bertz CT molecular complexity index is 1770. The van der Waals surface area contributed by atoms with Gasteiger partial charge in [0.05, 0.1) is 12.7 Å². The summed E-state index contributed by atoms with van der Waals surface area (Å²) in [7, 11) is 1.54. The van der Waals surface area contributed by atoms with Gasteiger partial charge in [-0.25, -0.2) is 4.79 Å². The fraction of sp³-hybridized carbons (Fsp3) is 0.404. The zero-order chi connectivity index (χ0) is 39.3. The summed E-state index contributed by atoms with van der Waals surface area (Å²) in [5.74, 6) is 0.933. The molecule has 0 atom stereocenters. The number of nitrogens with zero attached hydrogens (tertiary/aromatic N) is 2. The third-order valence-corrected chi connectivity index (χ3v) is 10.6. The molecule has 294 valence electrons. The van der Waals surface area contributed by atoms with E-state index in [9.17, 15) is 9.59 Å². The fourth-order valence-electron chi connectivity index (χ4n) is 6.32. The molecule has 4 rings (SSSR count). The van der Waals surface area contributed by atoms with Crippen LogP contribution >= 0.6 is 11.8 Å². The largest absolute Gasteiger partial charge is 0.493 e. The Morgan fingerprint density at radius 2 is 1.47 bits per heavy atom. The second-order valence-electron chi connectivity index (χ2n) is 14.5. The van der Waals surface area contributed by atoms with Gasteiger partial charge in [0.2, 0.25) is 5.91 Å². The van der Waals surface area contributed by atoms with Crippen molar-refractivity contribution in [2.24, 2.45) is 0 Å². The smallest absolute Gasteiger partial charge is 0.344 e. The van der Waals surface area contributed by atoms with Gasteiger partial charge in [0.25, 0.3) is 0 Å². The van der Waals surface area contributed by atoms with Crippen LogP contribution in [0.15, 0.2) is 119 Å². The molecule has 1 amide bonds. The highest BCUT2D eigenvalue weighted by Gasteiger charge is 2.18. The van der Waals surface area contributed by atoms with Crippen LogP contribution in [0.1, 0.15) is 87.7 Å². The van der Waals surface area contributed by atoms with Crippen molar-refractivity contribution in [2.75, 3.05) is 52.1 Å². The first kappa shape index (κ1) is 43.4. The molecule has 1 saturated heterocycles. The molecule has 3 aromatic carbocycles. The van der Waals surface area contributed by atoms with Crippen LogP contribution in [0, 0.1) is 0 Å².